The molecule has 1 aromatic carbocycles. The molecular weight excluding hydrogens is 281 g/mol. The summed E-state index contributed by atoms with van der Waals surface area (Å²) in [7, 11) is -4.32. The number of nitrogens with zero attached hydrogens (tertiary/aromatic N) is 1. The van der Waals surface area contributed by atoms with Crippen LogP contribution in [0.4, 0.5) is 13.2 Å². The summed E-state index contributed by atoms with van der Waals surface area (Å²) < 4.78 is 63.9. The summed E-state index contributed by atoms with van der Waals surface area (Å²) in [6.45, 7) is 1.40. The maximum Gasteiger partial charge on any atom is 0.417 e. The van der Waals surface area contributed by atoms with Crippen LogP contribution in [-0.2, 0) is 16.2 Å². The quantitative estimate of drug-likeness (QED) is 0.925. The fraction of sp³-hybridized carbons (Fsp3) is 0.364. The standard InChI is InChI=1S/C11H11F3N2O2S/c1-8(6-7-15)16-19(17,18)10-5-3-2-4-9(10)11(12,13)14/h2-5,8,16H,6H2,1H3. The van der Waals surface area contributed by atoms with E-state index in [1.807, 2.05) is 4.72 Å². The van der Waals surface area contributed by atoms with Crippen LogP contribution >= 0.6 is 0 Å². The van der Waals surface area contributed by atoms with Gasteiger partial charge < -0.3 is 0 Å². The Kier molecular flexibility index (Phi) is 4.55. The van der Waals surface area contributed by atoms with Crippen molar-refractivity contribution in [3.8, 4) is 6.07 Å². The Labute approximate surface area is 108 Å². The van der Waals surface area contributed by atoms with E-state index in [-0.39, 0.29) is 6.42 Å². The van der Waals surface area contributed by atoms with Crippen LogP contribution in [-0.4, -0.2) is 14.5 Å². The lowest BCUT2D eigenvalue weighted by Gasteiger charge is -2.15. The fourth-order valence-corrected chi connectivity index (χ4v) is 2.91. The first-order valence-corrected chi connectivity index (χ1v) is 6.72. The van der Waals surface area contributed by atoms with Gasteiger partial charge in [-0.05, 0) is 19.1 Å². The van der Waals surface area contributed by atoms with E-state index in [4.69, 9.17) is 5.26 Å². The molecule has 8 heteroatoms. The van der Waals surface area contributed by atoms with Crippen molar-refractivity contribution in [2.75, 3.05) is 0 Å². The predicted octanol–water partition coefficient (Wildman–Crippen LogP) is 2.29. The van der Waals surface area contributed by atoms with Crippen molar-refractivity contribution in [1.82, 2.24) is 4.72 Å². The van der Waals surface area contributed by atoms with Gasteiger partial charge in [-0.25, -0.2) is 13.1 Å². The largest absolute Gasteiger partial charge is 0.417 e. The molecule has 0 aliphatic heterocycles. The van der Waals surface area contributed by atoms with Gasteiger partial charge in [0.2, 0.25) is 10.0 Å². The van der Waals surface area contributed by atoms with Crippen molar-refractivity contribution >= 4 is 10.0 Å². The average molecular weight is 292 g/mol. The minimum absolute atomic E-state index is 0.132. The molecule has 1 atom stereocenters. The van der Waals surface area contributed by atoms with Crippen LogP contribution in [0.15, 0.2) is 29.2 Å². The molecule has 0 spiro atoms. The Bertz CT molecular complexity index is 591. The summed E-state index contributed by atoms with van der Waals surface area (Å²) in [4.78, 5) is -0.840. The van der Waals surface area contributed by atoms with Crippen LogP contribution in [0.25, 0.3) is 0 Å². The lowest BCUT2D eigenvalue weighted by atomic mass is 10.2. The van der Waals surface area contributed by atoms with Crippen LogP contribution in [0.5, 0.6) is 0 Å². The Morgan fingerprint density at radius 1 is 1.37 bits per heavy atom. The van der Waals surface area contributed by atoms with Crippen LogP contribution in [0.2, 0.25) is 0 Å². The third kappa shape index (κ3) is 3.94. The molecule has 0 amide bonds. The minimum atomic E-state index is -4.76. The van der Waals surface area contributed by atoms with Gasteiger partial charge in [-0.15, -0.1) is 0 Å². The monoisotopic (exact) mass is 292 g/mol. The van der Waals surface area contributed by atoms with Gasteiger partial charge >= 0.3 is 6.18 Å². The topological polar surface area (TPSA) is 70.0 Å². The summed E-state index contributed by atoms with van der Waals surface area (Å²) in [6, 6.07) is 4.87. The lowest BCUT2D eigenvalue weighted by Crippen LogP contribution is -2.33. The van der Waals surface area contributed by atoms with E-state index in [0.717, 1.165) is 12.1 Å². The van der Waals surface area contributed by atoms with Crippen molar-refractivity contribution < 1.29 is 21.6 Å². The zero-order valence-corrected chi connectivity index (χ0v) is 10.7. The van der Waals surface area contributed by atoms with E-state index in [1.54, 1.807) is 6.07 Å². The highest BCUT2D eigenvalue weighted by molar-refractivity contribution is 7.89. The van der Waals surface area contributed by atoms with Crippen molar-refractivity contribution in [1.29, 1.82) is 5.26 Å². The summed E-state index contributed by atoms with van der Waals surface area (Å²) in [5.41, 5.74) is -1.23. The highest BCUT2D eigenvalue weighted by Crippen LogP contribution is 2.33. The molecular formula is C11H11F3N2O2S. The average Bonchev–Trinajstić information content (AvgIpc) is 2.27. The number of benzene rings is 1. The summed E-state index contributed by atoms with van der Waals surface area (Å²) in [5.74, 6) is 0. The zero-order valence-electron chi connectivity index (χ0n) is 9.90. The molecule has 0 heterocycles. The van der Waals surface area contributed by atoms with Crippen molar-refractivity contribution in [2.24, 2.45) is 0 Å². The minimum Gasteiger partial charge on any atom is -0.207 e. The van der Waals surface area contributed by atoms with Gasteiger partial charge in [0.25, 0.3) is 0 Å². The molecule has 1 unspecified atom stereocenters. The van der Waals surface area contributed by atoms with Gasteiger partial charge in [0.1, 0.15) is 0 Å². The molecule has 1 aromatic rings. The number of nitriles is 1. The number of halogens is 3. The second-order valence-corrected chi connectivity index (χ2v) is 5.56. The molecule has 0 aromatic heterocycles. The molecule has 0 fully saturated rings. The molecule has 1 N–H and O–H groups in total. The molecule has 0 saturated carbocycles. The second-order valence-electron chi connectivity index (χ2n) is 3.88. The van der Waals surface area contributed by atoms with Crippen LogP contribution in [0, 0.1) is 11.3 Å². The van der Waals surface area contributed by atoms with E-state index < -0.39 is 32.7 Å². The molecule has 104 valence electrons. The summed E-state index contributed by atoms with van der Waals surface area (Å²) in [5, 5.41) is 8.42. The molecule has 4 nitrogen and oxygen atoms in total. The first kappa shape index (κ1) is 15.5. The van der Waals surface area contributed by atoms with Crippen LogP contribution in [0.3, 0.4) is 0 Å². The van der Waals surface area contributed by atoms with Crippen LogP contribution in [0.1, 0.15) is 18.9 Å². The van der Waals surface area contributed by atoms with E-state index in [9.17, 15) is 21.6 Å². The number of hydrogen-bond acceptors (Lipinski definition) is 3. The first-order valence-electron chi connectivity index (χ1n) is 5.24. The number of nitrogens with one attached hydrogen (secondary N) is 1. The lowest BCUT2D eigenvalue weighted by molar-refractivity contribution is -0.139. The molecule has 1 rings (SSSR count). The first-order chi connectivity index (χ1) is 8.68. The van der Waals surface area contributed by atoms with Gasteiger partial charge in [0.05, 0.1) is 22.9 Å². The second kappa shape index (κ2) is 5.59. The van der Waals surface area contributed by atoms with E-state index in [1.165, 1.54) is 13.0 Å². The van der Waals surface area contributed by atoms with E-state index in [0.29, 0.717) is 6.07 Å². The van der Waals surface area contributed by atoms with Crippen molar-refractivity contribution in [3.63, 3.8) is 0 Å². The molecule has 19 heavy (non-hydrogen) atoms. The highest BCUT2D eigenvalue weighted by atomic mass is 32.2. The van der Waals surface area contributed by atoms with Crippen molar-refractivity contribution in [2.45, 2.75) is 30.5 Å². The third-order valence-electron chi connectivity index (χ3n) is 2.24. The van der Waals surface area contributed by atoms with Gasteiger partial charge in [0.15, 0.2) is 0 Å². The molecule has 0 saturated heterocycles. The molecule has 0 aliphatic carbocycles. The Morgan fingerprint density at radius 3 is 2.47 bits per heavy atom. The smallest absolute Gasteiger partial charge is 0.207 e. The molecule has 0 radical (unpaired) electrons. The zero-order chi connectivity index (χ0) is 14.7. The summed E-state index contributed by atoms with van der Waals surface area (Å²) >= 11 is 0. The normalized spacial score (nSPS) is 13.8. The molecule has 0 bridgehead atoms. The predicted molar refractivity (Wildman–Crippen MR) is 61.5 cm³/mol. The van der Waals surface area contributed by atoms with E-state index >= 15 is 0 Å². The van der Waals surface area contributed by atoms with Crippen LogP contribution < -0.4 is 4.72 Å². The van der Waals surface area contributed by atoms with Crippen molar-refractivity contribution in [3.05, 3.63) is 29.8 Å². The number of rotatable bonds is 4. The van der Waals surface area contributed by atoms with Gasteiger partial charge in [-0.1, -0.05) is 12.1 Å². The van der Waals surface area contributed by atoms with Gasteiger partial charge in [-0.2, -0.15) is 18.4 Å². The Hall–Kier alpha value is -1.59. The number of sulfonamides is 1. The third-order valence-corrected chi connectivity index (χ3v) is 3.88. The maximum absolute atomic E-state index is 12.7. The molecule has 0 aliphatic rings. The number of alkyl halides is 3. The van der Waals surface area contributed by atoms with E-state index in [2.05, 4.69) is 0 Å². The van der Waals surface area contributed by atoms with Gasteiger partial charge in [-0.3, -0.25) is 0 Å². The Morgan fingerprint density at radius 2 is 1.95 bits per heavy atom. The number of hydrogen-bond donors (Lipinski definition) is 1. The SMILES string of the molecule is CC(CC#N)NS(=O)(=O)c1ccccc1C(F)(F)F. The maximum atomic E-state index is 12.7. The van der Waals surface area contributed by atoms with Gasteiger partial charge in [0, 0.05) is 6.04 Å². The fourth-order valence-electron chi connectivity index (χ4n) is 1.44. The Balaban J connectivity index is 3.20. The summed E-state index contributed by atoms with van der Waals surface area (Å²) in [6.07, 6.45) is -4.89. The highest BCUT2D eigenvalue weighted by Gasteiger charge is 2.37.